The highest BCUT2D eigenvalue weighted by Gasteiger charge is 2.54. The molecule has 3 aliphatic rings. The van der Waals surface area contributed by atoms with Crippen LogP contribution in [-0.4, -0.2) is 24.8 Å². The van der Waals surface area contributed by atoms with Crippen molar-refractivity contribution in [3.63, 3.8) is 0 Å². The van der Waals surface area contributed by atoms with E-state index in [2.05, 4.69) is 12.2 Å². The van der Waals surface area contributed by atoms with Crippen LogP contribution in [0.4, 0.5) is 0 Å². The highest BCUT2D eigenvalue weighted by molar-refractivity contribution is 5.12. The van der Waals surface area contributed by atoms with E-state index in [1.807, 2.05) is 0 Å². The molecule has 1 N–H and O–H groups in total. The first-order valence-corrected chi connectivity index (χ1v) is 6.16. The molecule has 2 atom stereocenters. The van der Waals surface area contributed by atoms with Gasteiger partial charge in [0.1, 0.15) is 0 Å². The van der Waals surface area contributed by atoms with Crippen LogP contribution < -0.4 is 5.32 Å². The Kier molecular flexibility index (Phi) is 2.10. The molecule has 80 valence electrons. The van der Waals surface area contributed by atoms with E-state index >= 15 is 0 Å². The van der Waals surface area contributed by atoms with Gasteiger partial charge in [-0.15, -0.1) is 0 Å². The SMILES string of the molecule is CC1COCCC1NC1(C2CC2)CC1. The minimum absolute atomic E-state index is 0.594. The predicted octanol–water partition coefficient (Wildman–Crippen LogP) is 1.94. The predicted molar refractivity (Wildman–Crippen MR) is 56.2 cm³/mol. The fourth-order valence-electron chi connectivity index (χ4n) is 2.90. The van der Waals surface area contributed by atoms with E-state index in [-0.39, 0.29) is 0 Å². The number of rotatable bonds is 3. The Bertz CT molecular complexity index is 220. The largest absolute Gasteiger partial charge is 0.381 e. The topological polar surface area (TPSA) is 21.3 Å². The Morgan fingerprint density at radius 1 is 1.21 bits per heavy atom. The molecule has 3 rings (SSSR count). The lowest BCUT2D eigenvalue weighted by Gasteiger charge is -2.33. The van der Waals surface area contributed by atoms with Gasteiger partial charge in [-0.25, -0.2) is 0 Å². The van der Waals surface area contributed by atoms with Crippen molar-refractivity contribution in [2.75, 3.05) is 13.2 Å². The van der Waals surface area contributed by atoms with Crippen molar-refractivity contribution in [1.82, 2.24) is 5.32 Å². The lowest BCUT2D eigenvalue weighted by molar-refractivity contribution is 0.0336. The zero-order valence-corrected chi connectivity index (χ0v) is 9.09. The van der Waals surface area contributed by atoms with Crippen LogP contribution in [0, 0.1) is 11.8 Å². The normalized spacial score (nSPS) is 40.9. The summed E-state index contributed by atoms with van der Waals surface area (Å²) in [6.45, 7) is 4.24. The van der Waals surface area contributed by atoms with Gasteiger partial charge in [0.2, 0.25) is 0 Å². The maximum absolute atomic E-state index is 5.48. The first-order chi connectivity index (χ1) is 6.80. The molecular formula is C12H21NO. The third-order valence-electron chi connectivity index (χ3n) is 4.26. The van der Waals surface area contributed by atoms with Crippen molar-refractivity contribution in [2.45, 2.75) is 50.6 Å². The Hall–Kier alpha value is -0.0800. The molecule has 1 heterocycles. The monoisotopic (exact) mass is 195 g/mol. The fraction of sp³-hybridized carbons (Fsp3) is 1.00. The van der Waals surface area contributed by atoms with Gasteiger partial charge in [-0.1, -0.05) is 6.92 Å². The molecule has 0 bridgehead atoms. The van der Waals surface area contributed by atoms with Crippen molar-refractivity contribution in [3.8, 4) is 0 Å². The van der Waals surface area contributed by atoms with Gasteiger partial charge in [-0.05, 0) is 43.9 Å². The van der Waals surface area contributed by atoms with E-state index in [4.69, 9.17) is 4.74 Å². The van der Waals surface area contributed by atoms with E-state index in [1.54, 1.807) is 0 Å². The molecule has 3 fully saturated rings. The third kappa shape index (κ3) is 1.59. The molecule has 2 saturated carbocycles. The first kappa shape index (κ1) is 9.17. The Morgan fingerprint density at radius 3 is 2.57 bits per heavy atom. The molecular weight excluding hydrogens is 174 g/mol. The van der Waals surface area contributed by atoms with E-state index in [0.717, 1.165) is 25.2 Å². The second-order valence-corrected chi connectivity index (χ2v) is 5.52. The summed E-state index contributed by atoms with van der Waals surface area (Å²) >= 11 is 0. The van der Waals surface area contributed by atoms with E-state index in [1.165, 1.54) is 32.1 Å². The number of hydrogen-bond donors (Lipinski definition) is 1. The second-order valence-electron chi connectivity index (χ2n) is 5.52. The third-order valence-corrected chi connectivity index (χ3v) is 4.26. The lowest BCUT2D eigenvalue weighted by atomic mass is 9.95. The van der Waals surface area contributed by atoms with E-state index in [9.17, 15) is 0 Å². The van der Waals surface area contributed by atoms with Crippen LogP contribution in [0.15, 0.2) is 0 Å². The zero-order chi connectivity index (χ0) is 9.60. The average molecular weight is 195 g/mol. The highest BCUT2D eigenvalue weighted by atomic mass is 16.5. The van der Waals surface area contributed by atoms with Crippen LogP contribution in [0.25, 0.3) is 0 Å². The van der Waals surface area contributed by atoms with Crippen LogP contribution in [0.3, 0.4) is 0 Å². The minimum Gasteiger partial charge on any atom is -0.381 e. The van der Waals surface area contributed by atoms with Crippen LogP contribution in [-0.2, 0) is 4.74 Å². The van der Waals surface area contributed by atoms with Gasteiger partial charge in [-0.2, -0.15) is 0 Å². The molecule has 0 spiro atoms. The Morgan fingerprint density at radius 2 is 2.00 bits per heavy atom. The van der Waals surface area contributed by atoms with Crippen molar-refractivity contribution in [2.24, 2.45) is 11.8 Å². The summed E-state index contributed by atoms with van der Waals surface area (Å²) < 4.78 is 5.48. The summed E-state index contributed by atoms with van der Waals surface area (Å²) in [4.78, 5) is 0. The van der Waals surface area contributed by atoms with Gasteiger partial charge >= 0.3 is 0 Å². The summed E-state index contributed by atoms with van der Waals surface area (Å²) in [5.41, 5.74) is 0.594. The standard InChI is InChI=1S/C12H21NO/c1-9-8-14-7-4-11(9)13-12(5-6-12)10-2-3-10/h9-11,13H,2-8H2,1H3. The molecule has 0 aromatic rings. The van der Waals surface area contributed by atoms with Crippen molar-refractivity contribution in [3.05, 3.63) is 0 Å². The fourth-order valence-corrected chi connectivity index (χ4v) is 2.90. The number of nitrogens with one attached hydrogen (secondary N) is 1. The molecule has 0 amide bonds. The molecule has 0 radical (unpaired) electrons. The minimum atomic E-state index is 0.594. The number of hydrogen-bond acceptors (Lipinski definition) is 2. The Labute approximate surface area is 86.4 Å². The van der Waals surface area contributed by atoms with Gasteiger partial charge in [-0.3, -0.25) is 0 Å². The quantitative estimate of drug-likeness (QED) is 0.743. The smallest absolute Gasteiger partial charge is 0.0506 e. The summed E-state index contributed by atoms with van der Waals surface area (Å²) in [6, 6.07) is 0.729. The molecule has 2 heteroatoms. The molecule has 14 heavy (non-hydrogen) atoms. The van der Waals surface area contributed by atoms with Crippen molar-refractivity contribution >= 4 is 0 Å². The molecule has 0 aromatic heterocycles. The summed E-state index contributed by atoms with van der Waals surface area (Å²) in [5.74, 6) is 1.73. The van der Waals surface area contributed by atoms with Crippen LogP contribution in [0.5, 0.6) is 0 Å². The maximum Gasteiger partial charge on any atom is 0.0506 e. The lowest BCUT2D eigenvalue weighted by Crippen LogP contribution is -2.48. The first-order valence-electron chi connectivity index (χ1n) is 6.16. The molecule has 2 aliphatic carbocycles. The Balaban J connectivity index is 1.59. The molecule has 2 nitrogen and oxygen atoms in total. The summed E-state index contributed by atoms with van der Waals surface area (Å²) in [5, 5.41) is 3.94. The van der Waals surface area contributed by atoms with Gasteiger partial charge in [0.25, 0.3) is 0 Å². The van der Waals surface area contributed by atoms with Gasteiger partial charge in [0, 0.05) is 18.2 Å². The van der Waals surface area contributed by atoms with E-state index < -0.39 is 0 Å². The maximum atomic E-state index is 5.48. The second kappa shape index (κ2) is 3.21. The van der Waals surface area contributed by atoms with Gasteiger partial charge in [0.05, 0.1) is 6.61 Å². The van der Waals surface area contributed by atoms with Crippen LogP contribution in [0.2, 0.25) is 0 Å². The molecule has 1 saturated heterocycles. The highest BCUT2D eigenvalue weighted by Crippen LogP contribution is 2.54. The van der Waals surface area contributed by atoms with Crippen molar-refractivity contribution in [1.29, 1.82) is 0 Å². The van der Waals surface area contributed by atoms with Crippen molar-refractivity contribution < 1.29 is 4.74 Å². The van der Waals surface area contributed by atoms with Gasteiger partial charge < -0.3 is 10.1 Å². The summed E-state index contributed by atoms with van der Waals surface area (Å²) in [6.07, 6.45) is 7.04. The average Bonchev–Trinajstić information content (AvgIpc) is 3.00. The molecule has 2 unspecified atom stereocenters. The van der Waals surface area contributed by atoms with Crippen LogP contribution in [0.1, 0.15) is 39.0 Å². The van der Waals surface area contributed by atoms with Crippen LogP contribution >= 0.6 is 0 Å². The van der Waals surface area contributed by atoms with E-state index in [0.29, 0.717) is 11.5 Å². The molecule has 0 aromatic carbocycles. The van der Waals surface area contributed by atoms with Gasteiger partial charge in [0.15, 0.2) is 0 Å². The molecule has 1 aliphatic heterocycles. The summed E-state index contributed by atoms with van der Waals surface area (Å²) in [7, 11) is 0. The number of ether oxygens (including phenoxy) is 1. The zero-order valence-electron chi connectivity index (χ0n) is 9.09.